The van der Waals surface area contributed by atoms with E-state index in [1.807, 2.05) is 4.68 Å². The van der Waals surface area contributed by atoms with E-state index in [4.69, 9.17) is 4.74 Å². The van der Waals surface area contributed by atoms with E-state index in [2.05, 4.69) is 43.9 Å². The summed E-state index contributed by atoms with van der Waals surface area (Å²) in [5.74, 6) is 0.642. The van der Waals surface area contributed by atoms with Gasteiger partial charge < -0.3 is 4.74 Å². The number of hydrogen-bond donors (Lipinski definition) is 0. The standard InChI is InChI=1S/C17H29N3O/c1-5-21-16(17(2,3)4)15(20-13-18-12-19-20)11-14-9-7-6-8-10-14/h11-14,16H,5-10H2,1-4H3. The van der Waals surface area contributed by atoms with Gasteiger partial charge in [0, 0.05) is 6.61 Å². The summed E-state index contributed by atoms with van der Waals surface area (Å²) < 4.78 is 7.97. The van der Waals surface area contributed by atoms with Gasteiger partial charge in [-0.3, -0.25) is 0 Å². The van der Waals surface area contributed by atoms with Crippen LogP contribution in [0.4, 0.5) is 0 Å². The first-order valence-electron chi connectivity index (χ1n) is 8.20. The average molecular weight is 291 g/mol. The number of allylic oxidation sites excluding steroid dienone is 1. The number of nitrogens with zero attached hydrogens (tertiary/aromatic N) is 3. The Labute approximate surface area is 128 Å². The lowest BCUT2D eigenvalue weighted by molar-refractivity contribution is 0.0251. The highest BCUT2D eigenvalue weighted by molar-refractivity contribution is 5.50. The average Bonchev–Trinajstić information content (AvgIpc) is 2.96. The fourth-order valence-electron chi connectivity index (χ4n) is 3.11. The Kier molecular flexibility index (Phi) is 5.57. The molecule has 1 fully saturated rings. The molecule has 1 aromatic rings. The van der Waals surface area contributed by atoms with Crippen molar-refractivity contribution in [3.63, 3.8) is 0 Å². The smallest absolute Gasteiger partial charge is 0.138 e. The van der Waals surface area contributed by atoms with Crippen molar-refractivity contribution in [3.05, 3.63) is 18.7 Å². The highest BCUT2D eigenvalue weighted by Crippen LogP contribution is 2.33. The molecule has 4 heteroatoms. The highest BCUT2D eigenvalue weighted by atomic mass is 16.5. The summed E-state index contributed by atoms with van der Waals surface area (Å²) in [6.07, 6.45) is 12.4. The van der Waals surface area contributed by atoms with Crippen LogP contribution in [0.2, 0.25) is 0 Å². The van der Waals surface area contributed by atoms with E-state index in [0.29, 0.717) is 12.5 Å². The van der Waals surface area contributed by atoms with Crippen molar-refractivity contribution in [2.45, 2.75) is 65.9 Å². The molecule has 1 heterocycles. The van der Waals surface area contributed by atoms with E-state index >= 15 is 0 Å². The Morgan fingerprint density at radius 3 is 2.57 bits per heavy atom. The molecule has 118 valence electrons. The summed E-state index contributed by atoms with van der Waals surface area (Å²) in [5.41, 5.74) is 1.18. The fraction of sp³-hybridized carbons (Fsp3) is 0.765. The van der Waals surface area contributed by atoms with Crippen LogP contribution in [0.5, 0.6) is 0 Å². The second kappa shape index (κ2) is 7.21. The molecule has 0 spiro atoms. The zero-order valence-electron chi connectivity index (χ0n) is 13.9. The summed E-state index contributed by atoms with van der Waals surface area (Å²) in [5, 5.41) is 4.36. The Balaban J connectivity index is 2.32. The molecule has 0 N–H and O–H groups in total. The van der Waals surface area contributed by atoms with Crippen molar-refractivity contribution < 1.29 is 4.74 Å². The topological polar surface area (TPSA) is 39.9 Å². The second-order valence-electron chi connectivity index (χ2n) is 7.03. The quantitative estimate of drug-likeness (QED) is 0.818. The molecule has 1 atom stereocenters. The summed E-state index contributed by atoms with van der Waals surface area (Å²) in [4.78, 5) is 4.12. The van der Waals surface area contributed by atoms with Gasteiger partial charge in [-0.15, -0.1) is 0 Å². The van der Waals surface area contributed by atoms with Crippen LogP contribution in [0.15, 0.2) is 18.7 Å². The maximum absolute atomic E-state index is 6.08. The van der Waals surface area contributed by atoms with E-state index in [0.717, 1.165) is 5.70 Å². The molecule has 2 rings (SSSR count). The predicted molar refractivity (Wildman–Crippen MR) is 85.7 cm³/mol. The van der Waals surface area contributed by atoms with E-state index in [-0.39, 0.29) is 11.5 Å². The van der Waals surface area contributed by atoms with Gasteiger partial charge in [-0.05, 0) is 31.1 Å². The molecular formula is C17H29N3O. The van der Waals surface area contributed by atoms with Crippen LogP contribution in [0.1, 0.15) is 59.8 Å². The van der Waals surface area contributed by atoms with Crippen molar-refractivity contribution in [1.82, 2.24) is 14.8 Å². The largest absolute Gasteiger partial charge is 0.372 e. The van der Waals surface area contributed by atoms with Crippen LogP contribution >= 0.6 is 0 Å². The van der Waals surface area contributed by atoms with Crippen molar-refractivity contribution in [1.29, 1.82) is 0 Å². The molecule has 1 saturated carbocycles. The SMILES string of the molecule is CCOC(C(=CC1CCCCC1)n1cncn1)C(C)(C)C. The molecule has 0 aliphatic heterocycles. The lowest BCUT2D eigenvalue weighted by Crippen LogP contribution is -2.33. The van der Waals surface area contributed by atoms with Crippen molar-refractivity contribution in [2.75, 3.05) is 6.61 Å². The fourth-order valence-corrected chi connectivity index (χ4v) is 3.11. The van der Waals surface area contributed by atoms with Crippen LogP contribution < -0.4 is 0 Å². The summed E-state index contributed by atoms with van der Waals surface area (Å²) in [7, 11) is 0. The summed E-state index contributed by atoms with van der Waals surface area (Å²) in [6, 6.07) is 0. The minimum Gasteiger partial charge on any atom is -0.372 e. The van der Waals surface area contributed by atoms with Crippen molar-refractivity contribution in [2.24, 2.45) is 11.3 Å². The van der Waals surface area contributed by atoms with Gasteiger partial charge in [0.1, 0.15) is 18.8 Å². The van der Waals surface area contributed by atoms with Gasteiger partial charge in [0.2, 0.25) is 0 Å². The number of rotatable bonds is 5. The molecule has 0 aromatic carbocycles. The van der Waals surface area contributed by atoms with Crippen molar-refractivity contribution >= 4 is 5.70 Å². The molecule has 1 aromatic heterocycles. The van der Waals surface area contributed by atoms with Crippen LogP contribution in [0, 0.1) is 11.3 Å². The minimum atomic E-state index is 0.0302. The van der Waals surface area contributed by atoms with Gasteiger partial charge in [0.15, 0.2) is 0 Å². The van der Waals surface area contributed by atoms with E-state index < -0.39 is 0 Å². The number of ether oxygens (including phenoxy) is 1. The van der Waals surface area contributed by atoms with Gasteiger partial charge in [-0.1, -0.05) is 46.1 Å². The van der Waals surface area contributed by atoms with Crippen molar-refractivity contribution in [3.8, 4) is 0 Å². The van der Waals surface area contributed by atoms with Gasteiger partial charge >= 0.3 is 0 Å². The highest BCUT2D eigenvalue weighted by Gasteiger charge is 2.31. The third kappa shape index (κ3) is 4.40. The van der Waals surface area contributed by atoms with Gasteiger partial charge in [-0.25, -0.2) is 9.67 Å². The minimum absolute atomic E-state index is 0.0302. The molecule has 0 radical (unpaired) electrons. The summed E-state index contributed by atoms with van der Waals surface area (Å²) >= 11 is 0. The summed E-state index contributed by atoms with van der Waals surface area (Å²) in [6.45, 7) is 9.42. The van der Waals surface area contributed by atoms with E-state index in [9.17, 15) is 0 Å². The maximum atomic E-state index is 6.08. The Morgan fingerprint density at radius 1 is 1.33 bits per heavy atom. The molecule has 21 heavy (non-hydrogen) atoms. The van der Waals surface area contributed by atoms with Crippen LogP contribution in [0.25, 0.3) is 5.70 Å². The number of hydrogen-bond acceptors (Lipinski definition) is 3. The lowest BCUT2D eigenvalue weighted by atomic mass is 9.83. The lowest BCUT2D eigenvalue weighted by Gasteiger charge is -2.33. The Hall–Kier alpha value is -1.16. The normalized spacial score (nSPS) is 19.7. The Bertz CT molecular complexity index is 439. The first-order chi connectivity index (χ1) is 10.0. The maximum Gasteiger partial charge on any atom is 0.138 e. The predicted octanol–water partition coefficient (Wildman–Crippen LogP) is 4.15. The molecule has 1 aliphatic carbocycles. The molecule has 4 nitrogen and oxygen atoms in total. The number of aromatic nitrogens is 3. The van der Waals surface area contributed by atoms with Crippen LogP contribution in [-0.2, 0) is 4.74 Å². The van der Waals surface area contributed by atoms with Crippen LogP contribution in [0.3, 0.4) is 0 Å². The first-order valence-corrected chi connectivity index (χ1v) is 8.20. The zero-order chi connectivity index (χ0) is 15.3. The van der Waals surface area contributed by atoms with E-state index in [1.165, 1.54) is 32.1 Å². The van der Waals surface area contributed by atoms with Gasteiger partial charge in [0.25, 0.3) is 0 Å². The molecule has 1 aliphatic rings. The first kappa shape index (κ1) is 16.2. The molecule has 1 unspecified atom stereocenters. The van der Waals surface area contributed by atoms with Gasteiger partial charge in [0.05, 0.1) is 5.70 Å². The van der Waals surface area contributed by atoms with Gasteiger partial charge in [-0.2, -0.15) is 5.10 Å². The third-order valence-corrected chi connectivity index (χ3v) is 4.13. The zero-order valence-corrected chi connectivity index (χ0v) is 13.9. The Morgan fingerprint density at radius 2 is 2.05 bits per heavy atom. The molecule has 0 bridgehead atoms. The van der Waals surface area contributed by atoms with Crippen LogP contribution in [-0.4, -0.2) is 27.5 Å². The molecular weight excluding hydrogens is 262 g/mol. The molecule has 0 saturated heterocycles. The second-order valence-corrected chi connectivity index (χ2v) is 7.03. The van der Waals surface area contributed by atoms with E-state index in [1.54, 1.807) is 12.7 Å². The third-order valence-electron chi connectivity index (χ3n) is 4.13. The monoisotopic (exact) mass is 291 g/mol. The molecule has 0 amide bonds.